The fourth-order valence-electron chi connectivity index (χ4n) is 1.55. The molecule has 1 atom stereocenters. The molecule has 0 amide bonds. The zero-order valence-corrected chi connectivity index (χ0v) is 9.86. The zero-order valence-electron chi connectivity index (χ0n) is 9.86. The number of hydrogen-bond acceptors (Lipinski definition) is 6. The highest BCUT2D eigenvalue weighted by molar-refractivity contribution is 5.83. The number of aromatic nitrogens is 4. The summed E-state index contributed by atoms with van der Waals surface area (Å²) >= 11 is 0. The molecular formula is C10H16N6O. The molecule has 0 spiro atoms. The Morgan fingerprint density at radius 1 is 1.47 bits per heavy atom. The maximum atomic E-state index is 8.88. The van der Waals surface area contributed by atoms with E-state index < -0.39 is 0 Å². The van der Waals surface area contributed by atoms with E-state index in [4.69, 9.17) is 5.11 Å². The van der Waals surface area contributed by atoms with Crippen LogP contribution in [0.15, 0.2) is 6.33 Å². The van der Waals surface area contributed by atoms with Crippen LogP contribution in [0.5, 0.6) is 0 Å². The molecule has 0 aromatic carbocycles. The van der Waals surface area contributed by atoms with Crippen molar-refractivity contribution in [3.63, 3.8) is 0 Å². The molecule has 2 heterocycles. The van der Waals surface area contributed by atoms with E-state index in [0.717, 1.165) is 5.52 Å². The molecule has 2 aromatic rings. The van der Waals surface area contributed by atoms with Crippen molar-refractivity contribution in [2.75, 3.05) is 24.3 Å². The van der Waals surface area contributed by atoms with Crippen LogP contribution in [-0.4, -0.2) is 44.7 Å². The fourth-order valence-corrected chi connectivity index (χ4v) is 1.55. The van der Waals surface area contributed by atoms with Gasteiger partial charge in [0.05, 0.1) is 6.33 Å². The standard InChI is InChI=1S/C10H16N6O/c1-6(3-4-17)14-9-7-8(13-5-12-7)15-10(11-2)16-9/h5-6,17H,3-4H2,1-2H3,(H3,11,12,13,14,15,16). The van der Waals surface area contributed by atoms with Gasteiger partial charge in [-0.3, -0.25) is 0 Å². The number of H-pyrrole nitrogens is 1. The summed E-state index contributed by atoms with van der Waals surface area (Å²) in [6.07, 6.45) is 2.25. The third-order valence-electron chi connectivity index (χ3n) is 2.45. The van der Waals surface area contributed by atoms with Crippen LogP contribution >= 0.6 is 0 Å². The highest BCUT2D eigenvalue weighted by Gasteiger charge is 2.11. The molecule has 0 radical (unpaired) electrons. The van der Waals surface area contributed by atoms with Crippen LogP contribution in [0.25, 0.3) is 11.2 Å². The molecular weight excluding hydrogens is 220 g/mol. The summed E-state index contributed by atoms with van der Waals surface area (Å²) < 4.78 is 0. The quantitative estimate of drug-likeness (QED) is 0.606. The molecule has 17 heavy (non-hydrogen) atoms. The maximum Gasteiger partial charge on any atom is 0.226 e. The Kier molecular flexibility index (Phi) is 3.38. The molecule has 1 unspecified atom stereocenters. The molecule has 2 rings (SSSR count). The van der Waals surface area contributed by atoms with E-state index in [-0.39, 0.29) is 12.6 Å². The summed E-state index contributed by atoms with van der Waals surface area (Å²) in [5.41, 5.74) is 1.39. The summed E-state index contributed by atoms with van der Waals surface area (Å²) in [6.45, 7) is 2.13. The molecule has 0 bridgehead atoms. The third kappa shape index (κ3) is 2.44. The Labute approximate surface area is 98.7 Å². The number of aliphatic hydroxyl groups excluding tert-OH is 1. The Morgan fingerprint density at radius 3 is 3.00 bits per heavy atom. The smallest absolute Gasteiger partial charge is 0.226 e. The van der Waals surface area contributed by atoms with E-state index in [1.54, 1.807) is 13.4 Å². The Hall–Kier alpha value is -1.89. The highest BCUT2D eigenvalue weighted by Crippen LogP contribution is 2.19. The molecule has 0 aliphatic rings. The minimum atomic E-state index is 0.131. The third-order valence-corrected chi connectivity index (χ3v) is 2.45. The fraction of sp³-hybridized carbons (Fsp3) is 0.500. The molecule has 0 saturated heterocycles. The average molecular weight is 236 g/mol. The van der Waals surface area contributed by atoms with E-state index in [0.29, 0.717) is 23.8 Å². The molecule has 2 aromatic heterocycles. The van der Waals surface area contributed by atoms with Crippen LogP contribution in [0.1, 0.15) is 13.3 Å². The van der Waals surface area contributed by atoms with Gasteiger partial charge in [0.25, 0.3) is 0 Å². The maximum absolute atomic E-state index is 8.88. The van der Waals surface area contributed by atoms with Gasteiger partial charge in [-0.1, -0.05) is 0 Å². The Morgan fingerprint density at radius 2 is 2.29 bits per heavy atom. The van der Waals surface area contributed by atoms with Crippen LogP contribution in [0.4, 0.5) is 11.8 Å². The summed E-state index contributed by atoms with van der Waals surface area (Å²) in [5, 5.41) is 15.0. The van der Waals surface area contributed by atoms with Gasteiger partial charge in [-0.2, -0.15) is 9.97 Å². The van der Waals surface area contributed by atoms with Crippen molar-refractivity contribution >= 4 is 22.9 Å². The van der Waals surface area contributed by atoms with E-state index >= 15 is 0 Å². The van der Waals surface area contributed by atoms with Crippen molar-refractivity contribution in [2.24, 2.45) is 0 Å². The second kappa shape index (κ2) is 4.96. The lowest BCUT2D eigenvalue weighted by Crippen LogP contribution is -2.18. The SMILES string of the molecule is CNc1nc(NC(C)CCO)c2[nH]cnc2n1. The van der Waals surface area contributed by atoms with Crippen LogP contribution in [0, 0.1) is 0 Å². The van der Waals surface area contributed by atoms with E-state index in [2.05, 4.69) is 30.6 Å². The predicted octanol–water partition coefficient (Wildman–Crippen LogP) is 0.577. The van der Waals surface area contributed by atoms with E-state index in [9.17, 15) is 0 Å². The number of imidazole rings is 1. The van der Waals surface area contributed by atoms with Crippen LogP contribution in [-0.2, 0) is 0 Å². The van der Waals surface area contributed by atoms with Gasteiger partial charge in [-0.05, 0) is 13.3 Å². The zero-order chi connectivity index (χ0) is 12.3. The summed E-state index contributed by atoms with van der Waals surface area (Å²) in [6, 6.07) is 0.131. The molecule has 92 valence electrons. The van der Waals surface area contributed by atoms with E-state index in [1.807, 2.05) is 6.92 Å². The molecule has 0 aliphatic carbocycles. The lowest BCUT2D eigenvalue weighted by molar-refractivity contribution is 0.282. The number of aromatic amines is 1. The summed E-state index contributed by atoms with van der Waals surface area (Å²) in [4.78, 5) is 15.6. The summed E-state index contributed by atoms with van der Waals surface area (Å²) in [5.74, 6) is 1.21. The highest BCUT2D eigenvalue weighted by atomic mass is 16.3. The number of aliphatic hydroxyl groups is 1. The number of anilines is 2. The summed E-state index contributed by atoms with van der Waals surface area (Å²) in [7, 11) is 1.76. The topological polar surface area (TPSA) is 98.8 Å². The van der Waals surface area contributed by atoms with Gasteiger partial charge in [-0.25, -0.2) is 4.98 Å². The van der Waals surface area contributed by atoms with Crippen molar-refractivity contribution in [1.82, 2.24) is 19.9 Å². The second-order valence-electron chi connectivity index (χ2n) is 3.80. The Balaban J connectivity index is 2.33. The van der Waals surface area contributed by atoms with Crippen LogP contribution in [0.3, 0.4) is 0 Å². The Bertz CT molecular complexity index is 497. The normalized spacial score (nSPS) is 12.6. The molecule has 7 heteroatoms. The number of nitrogens with zero attached hydrogens (tertiary/aromatic N) is 3. The number of rotatable bonds is 5. The van der Waals surface area contributed by atoms with Crippen molar-refractivity contribution in [1.29, 1.82) is 0 Å². The lowest BCUT2D eigenvalue weighted by atomic mass is 10.2. The van der Waals surface area contributed by atoms with Gasteiger partial charge < -0.3 is 20.7 Å². The predicted molar refractivity (Wildman–Crippen MR) is 66.0 cm³/mol. The first-order chi connectivity index (χ1) is 8.24. The number of fused-ring (bicyclic) bond motifs is 1. The first-order valence-electron chi connectivity index (χ1n) is 5.51. The molecule has 7 nitrogen and oxygen atoms in total. The van der Waals surface area contributed by atoms with Gasteiger partial charge in [-0.15, -0.1) is 0 Å². The van der Waals surface area contributed by atoms with Crippen molar-refractivity contribution in [2.45, 2.75) is 19.4 Å². The van der Waals surface area contributed by atoms with Crippen molar-refractivity contribution < 1.29 is 5.11 Å². The van der Waals surface area contributed by atoms with E-state index in [1.165, 1.54) is 0 Å². The minimum Gasteiger partial charge on any atom is -0.396 e. The van der Waals surface area contributed by atoms with Crippen molar-refractivity contribution in [3.8, 4) is 0 Å². The van der Waals surface area contributed by atoms with Gasteiger partial charge in [0, 0.05) is 19.7 Å². The van der Waals surface area contributed by atoms with Gasteiger partial charge in [0.2, 0.25) is 5.95 Å². The minimum absolute atomic E-state index is 0.131. The van der Waals surface area contributed by atoms with Gasteiger partial charge in [0.15, 0.2) is 11.5 Å². The first-order valence-corrected chi connectivity index (χ1v) is 5.51. The largest absolute Gasteiger partial charge is 0.396 e. The van der Waals surface area contributed by atoms with Crippen molar-refractivity contribution in [3.05, 3.63) is 6.33 Å². The number of hydrogen-bond donors (Lipinski definition) is 4. The molecule has 0 fully saturated rings. The van der Waals surface area contributed by atoms with Gasteiger partial charge in [0.1, 0.15) is 5.52 Å². The number of nitrogens with one attached hydrogen (secondary N) is 3. The van der Waals surface area contributed by atoms with Crippen LogP contribution in [0.2, 0.25) is 0 Å². The molecule has 4 N–H and O–H groups in total. The monoisotopic (exact) mass is 236 g/mol. The lowest BCUT2D eigenvalue weighted by Gasteiger charge is -2.14. The second-order valence-corrected chi connectivity index (χ2v) is 3.80. The van der Waals surface area contributed by atoms with Crippen LogP contribution < -0.4 is 10.6 Å². The molecule has 0 saturated carbocycles. The molecule has 0 aliphatic heterocycles. The average Bonchev–Trinajstić information content (AvgIpc) is 2.77. The first kappa shape index (κ1) is 11.6. The van der Waals surface area contributed by atoms with Gasteiger partial charge >= 0.3 is 0 Å².